The first-order valence-electron chi connectivity index (χ1n) is 7.96. The van der Waals surface area contributed by atoms with E-state index in [-0.39, 0.29) is 17.9 Å². The molecule has 1 aliphatic rings. The van der Waals surface area contributed by atoms with Crippen LogP contribution < -0.4 is 9.46 Å². The molecule has 146 valence electrons. The zero-order chi connectivity index (χ0) is 19.5. The quantitative estimate of drug-likeness (QED) is 0.743. The van der Waals surface area contributed by atoms with E-state index < -0.39 is 46.3 Å². The molecule has 0 radical (unpaired) electrons. The number of hydrogen-bond acceptors (Lipinski definition) is 5. The minimum absolute atomic E-state index is 0.142. The molecule has 0 bridgehead atoms. The van der Waals surface area contributed by atoms with Crippen molar-refractivity contribution in [3.63, 3.8) is 0 Å². The van der Waals surface area contributed by atoms with Gasteiger partial charge in [-0.15, -0.1) is 0 Å². The molecule has 1 saturated heterocycles. The molecule has 1 aromatic rings. The molecule has 2 rings (SSSR count). The Labute approximate surface area is 151 Å². The first kappa shape index (κ1) is 20.5. The van der Waals surface area contributed by atoms with Crippen LogP contribution in [0.4, 0.5) is 8.78 Å². The van der Waals surface area contributed by atoms with E-state index in [1.54, 1.807) is 0 Å². The number of halogens is 2. The Morgan fingerprint density at radius 2 is 2.08 bits per heavy atom. The minimum Gasteiger partial charge on any atom is -0.480 e. The first-order valence-corrected chi connectivity index (χ1v) is 9.85. The molecule has 26 heavy (non-hydrogen) atoms. The van der Waals surface area contributed by atoms with Crippen molar-refractivity contribution in [1.29, 1.82) is 0 Å². The third-order valence-corrected chi connectivity index (χ3v) is 4.83. The van der Waals surface area contributed by atoms with Crippen molar-refractivity contribution in [2.75, 3.05) is 33.1 Å². The Bertz CT molecular complexity index is 749. The van der Waals surface area contributed by atoms with Gasteiger partial charge in [-0.25, -0.2) is 21.9 Å². The highest BCUT2D eigenvalue weighted by atomic mass is 32.2. The van der Waals surface area contributed by atoms with E-state index >= 15 is 0 Å². The van der Waals surface area contributed by atoms with Gasteiger partial charge in [0.25, 0.3) is 5.91 Å². The number of benzene rings is 1. The molecule has 1 fully saturated rings. The summed E-state index contributed by atoms with van der Waals surface area (Å²) < 4.78 is 62.7. The monoisotopic (exact) mass is 392 g/mol. The molecule has 1 N–H and O–H groups in total. The number of rotatable bonds is 7. The number of aryl methyl sites for hydroxylation is 1. The number of sulfonamides is 1. The number of methoxy groups -OCH3 is 1. The summed E-state index contributed by atoms with van der Waals surface area (Å²) in [6.07, 6.45) is 1.47. The molecular formula is C16H22F2N2O5S. The second kappa shape index (κ2) is 8.28. The third-order valence-electron chi connectivity index (χ3n) is 4.10. The molecule has 2 atom stereocenters. The zero-order valence-electron chi connectivity index (χ0n) is 14.8. The van der Waals surface area contributed by atoms with E-state index in [0.29, 0.717) is 19.0 Å². The van der Waals surface area contributed by atoms with Crippen LogP contribution in [-0.4, -0.2) is 64.4 Å². The van der Waals surface area contributed by atoms with Crippen LogP contribution in [0.3, 0.4) is 0 Å². The van der Waals surface area contributed by atoms with Gasteiger partial charge in [0, 0.05) is 25.8 Å². The number of carbonyl (C=O) groups is 1. The number of ether oxygens (including phenoxy) is 2. The molecule has 1 aromatic carbocycles. The summed E-state index contributed by atoms with van der Waals surface area (Å²) in [6, 6.07) is 0.823. The maximum absolute atomic E-state index is 13.8. The summed E-state index contributed by atoms with van der Waals surface area (Å²) in [5.74, 6) is -2.24. The highest BCUT2D eigenvalue weighted by Crippen LogP contribution is 2.24. The van der Waals surface area contributed by atoms with Crippen molar-refractivity contribution in [2.24, 2.45) is 0 Å². The molecule has 0 unspecified atom stereocenters. The molecule has 1 aliphatic heterocycles. The number of nitrogens with zero attached hydrogens (tertiary/aromatic N) is 1. The van der Waals surface area contributed by atoms with Crippen molar-refractivity contribution >= 4 is 15.9 Å². The van der Waals surface area contributed by atoms with Crippen LogP contribution >= 0.6 is 0 Å². The van der Waals surface area contributed by atoms with Gasteiger partial charge in [-0.05, 0) is 25.0 Å². The largest absolute Gasteiger partial charge is 0.480 e. The molecule has 7 nitrogen and oxygen atoms in total. The molecule has 0 saturated carbocycles. The van der Waals surface area contributed by atoms with E-state index in [9.17, 15) is 22.0 Å². The second-order valence-electron chi connectivity index (χ2n) is 6.22. The SMILES string of the molecule is COC[C@H]1[C@@H](NS(C)(=O)=O)CCN1C(=O)COc1c(C)cc(F)cc1F. The highest BCUT2D eigenvalue weighted by Gasteiger charge is 2.38. The van der Waals surface area contributed by atoms with E-state index in [1.807, 2.05) is 0 Å². The van der Waals surface area contributed by atoms with Crippen molar-refractivity contribution in [1.82, 2.24) is 9.62 Å². The van der Waals surface area contributed by atoms with Crippen LogP contribution in [0.15, 0.2) is 12.1 Å². The summed E-state index contributed by atoms with van der Waals surface area (Å²) in [7, 11) is -1.99. The highest BCUT2D eigenvalue weighted by molar-refractivity contribution is 7.88. The Hall–Kier alpha value is -1.78. The average Bonchev–Trinajstić information content (AvgIpc) is 2.87. The van der Waals surface area contributed by atoms with Gasteiger partial charge in [0.1, 0.15) is 5.82 Å². The molecule has 0 aliphatic carbocycles. The van der Waals surface area contributed by atoms with Gasteiger partial charge in [0.15, 0.2) is 18.2 Å². The van der Waals surface area contributed by atoms with Crippen LogP contribution in [0.25, 0.3) is 0 Å². The Balaban J connectivity index is 2.06. The number of amides is 1. The Morgan fingerprint density at radius 3 is 2.65 bits per heavy atom. The van der Waals surface area contributed by atoms with E-state index in [2.05, 4.69) is 4.72 Å². The standard InChI is InChI=1S/C16H22F2N2O5S/c1-10-6-11(17)7-12(18)16(10)25-9-15(21)20-5-4-13(14(20)8-24-2)19-26(3,22)23/h6-7,13-14,19H,4-5,8-9H2,1-3H3/t13-,14-/m0/s1. The fourth-order valence-corrected chi connectivity index (χ4v) is 3.87. The smallest absolute Gasteiger partial charge is 0.260 e. The summed E-state index contributed by atoms with van der Waals surface area (Å²) >= 11 is 0. The molecular weight excluding hydrogens is 370 g/mol. The lowest BCUT2D eigenvalue weighted by Gasteiger charge is -2.27. The maximum atomic E-state index is 13.8. The minimum atomic E-state index is -3.44. The van der Waals surface area contributed by atoms with Gasteiger partial charge in [0.2, 0.25) is 10.0 Å². The molecule has 0 aromatic heterocycles. The summed E-state index contributed by atoms with van der Waals surface area (Å²) in [5.41, 5.74) is 0.238. The van der Waals surface area contributed by atoms with Crippen molar-refractivity contribution in [3.05, 3.63) is 29.3 Å². The van der Waals surface area contributed by atoms with Gasteiger partial charge < -0.3 is 14.4 Å². The molecule has 1 heterocycles. The lowest BCUT2D eigenvalue weighted by atomic mass is 10.1. The van der Waals surface area contributed by atoms with Crippen molar-refractivity contribution in [3.8, 4) is 5.75 Å². The first-order chi connectivity index (χ1) is 12.1. The van der Waals surface area contributed by atoms with Crippen molar-refractivity contribution in [2.45, 2.75) is 25.4 Å². The van der Waals surface area contributed by atoms with E-state index in [1.165, 1.54) is 18.9 Å². The summed E-state index contributed by atoms with van der Waals surface area (Å²) in [5, 5.41) is 0. The predicted octanol–water partition coefficient (Wildman–Crippen LogP) is 0.817. The van der Waals surface area contributed by atoms with Crippen LogP contribution in [0.2, 0.25) is 0 Å². The topological polar surface area (TPSA) is 84.9 Å². The predicted molar refractivity (Wildman–Crippen MR) is 90.4 cm³/mol. The fraction of sp³-hybridized carbons (Fsp3) is 0.562. The molecule has 0 spiro atoms. The lowest BCUT2D eigenvalue weighted by Crippen LogP contribution is -2.49. The van der Waals surface area contributed by atoms with E-state index in [4.69, 9.17) is 9.47 Å². The number of nitrogens with one attached hydrogen (secondary N) is 1. The van der Waals surface area contributed by atoms with Crippen LogP contribution in [-0.2, 0) is 19.6 Å². The number of likely N-dealkylation sites (tertiary alicyclic amines) is 1. The summed E-state index contributed by atoms with van der Waals surface area (Å²) in [6.45, 7) is 1.48. The number of carbonyl (C=O) groups excluding carboxylic acids is 1. The van der Waals surface area contributed by atoms with Crippen LogP contribution in [0.5, 0.6) is 5.75 Å². The summed E-state index contributed by atoms with van der Waals surface area (Å²) in [4.78, 5) is 13.9. The van der Waals surface area contributed by atoms with Gasteiger partial charge in [0.05, 0.1) is 18.9 Å². The average molecular weight is 392 g/mol. The maximum Gasteiger partial charge on any atom is 0.260 e. The lowest BCUT2D eigenvalue weighted by molar-refractivity contribution is -0.135. The van der Waals surface area contributed by atoms with Crippen LogP contribution in [0.1, 0.15) is 12.0 Å². The Kier molecular flexibility index (Phi) is 6.53. The number of hydrogen-bond donors (Lipinski definition) is 1. The van der Waals surface area contributed by atoms with Gasteiger partial charge in [-0.2, -0.15) is 0 Å². The van der Waals surface area contributed by atoms with Gasteiger partial charge >= 0.3 is 0 Å². The molecule has 10 heteroatoms. The zero-order valence-corrected chi connectivity index (χ0v) is 15.6. The normalized spacial score (nSPS) is 20.4. The van der Waals surface area contributed by atoms with Crippen molar-refractivity contribution < 1.29 is 31.5 Å². The fourth-order valence-electron chi connectivity index (χ4n) is 3.04. The second-order valence-corrected chi connectivity index (χ2v) is 8.00. The van der Waals surface area contributed by atoms with Gasteiger partial charge in [-0.1, -0.05) is 0 Å². The van der Waals surface area contributed by atoms with E-state index in [0.717, 1.165) is 12.3 Å². The van der Waals surface area contributed by atoms with Gasteiger partial charge in [-0.3, -0.25) is 4.79 Å². The Morgan fingerprint density at radius 1 is 1.38 bits per heavy atom. The molecule has 1 amide bonds. The van der Waals surface area contributed by atoms with Crippen LogP contribution in [0, 0.1) is 18.6 Å². The third kappa shape index (κ3) is 5.12.